The first-order valence-electron chi connectivity index (χ1n) is 14.8. The van der Waals surface area contributed by atoms with Crippen LogP contribution < -0.4 is 0 Å². The fourth-order valence-corrected chi connectivity index (χ4v) is 6.09. The minimum Gasteiger partial charge on any atom is -0.601 e. The summed E-state index contributed by atoms with van der Waals surface area (Å²) in [6.45, 7) is 6.45. The molecule has 0 aromatic heterocycles. The molecule has 0 unspecified atom stereocenters. The summed E-state index contributed by atoms with van der Waals surface area (Å²) < 4.78 is 10.9. The molecule has 39 heavy (non-hydrogen) atoms. The molecule has 0 aliphatic heterocycles. The average Bonchev–Trinajstić information content (AvgIpc) is 3.75. The quantitative estimate of drug-likeness (QED) is 0.162. The van der Waals surface area contributed by atoms with Crippen molar-refractivity contribution in [2.24, 2.45) is 22.4 Å². The summed E-state index contributed by atoms with van der Waals surface area (Å²) in [5.41, 5.74) is 7.70. The monoisotopic (exact) mass is 608 g/mol. The minimum absolute atomic E-state index is 0. The van der Waals surface area contributed by atoms with Crippen molar-refractivity contribution in [1.29, 1.82) is 0 Å². The van der Waals surface area contributed by atoms with E-state index in [1.807, 2.05) is 36.4 Å². The van der Waals surface area contributed by atoms with Gasteiger partial charge in [-0.05, 0) is 17.5 Å². The molecule has 3 aliphatic rings. The summed E-state index contributed by atoms with van der Waals surface area (Å²) in [5.74, 6) is 0.725. The number of hydrogen-bond donors (Lipinski definition) is 0. The third kappa shape index (κ3) is 12.0. The molecule has 0 N–H and O–H groups in total. The van der Waals surface area contributed by atoms with E-state index >= 15 is 0 Å². The maximum absolute atomic E-state index is 5.47. The molecule has 0 radical (unpaired) electrons. The van der Waals surface area contributed by atoms with Crippen LogP contribution in [0.5, 0.6) is 0 Å². The Labute approximate surface area is 257 Å². The smallest absolute Gasteiger partial charge is 0.601 e. The fourth-order valence-electron chi connectivity index (χ4n) is 6.09. The number of ether oxygens (including phenoxy) is 2. The van der Waals surface area contributed by atoms with E-state index < -0.39 is 0 Å². The molecular formula is C34H50N2O2Zr+2. The number of nitrogens with zero attached hydrogens (tertiary/aromatic N) is 2. The Bertz CT molecular complexity index is 825. The fraction of sp³-hybridized carbons (Fsp3) is 0.588. The largest absolute Gasteiger partial charge is 4.00 e. The zero-order valence-corrected chi connectivity index (χ0v) is 26.9. The second kappa shape index (κ2) is 19.7. The molecule has 0 bridgehead atoms. The van der Waals surface area contributed by atoms with E-state index in [4.69, 9.17) is 9.47 Å². The maximum atomic E-state index is 5.47. The van der Waals surface area contributed by atoms with Crippen LogP contribution in [0.15, 0.2) is 65.8 Å². The number of rotatable bonds is 9. The minimum atomic E-state index is 0. The van der Waals surface area contributed by atoms with Gasteiger partial charge in [-0.25, -0.2) is 0 Å². The predicted octanol–water partition coefficient (Wildman–Crippen LogP) is 8.85. The van der Waals surface area contributed by atoms with Crippen LogP contribution in [-0.4, -0.2) is 39.7 Å². The zero-order valence-electron chi connectivity index (χ0n) is 24.5. The van der Waals surface area contributed by atoms with Crippen molar-refractivity contribution in [3.63, 3.8) is 0 Å². The van der Waals surface area contributed by atoms with Crippen molar-refractivity contribution < 1.29 is 35.7 Å². The Hall–Kier alpha value is -1.29. The topological polar surface area (TPSA) is 44.9 Å². The molecule has 5 rings (SSSR count). The van der Waals surface area contributed by atoms with Gasteiger partial charge in [0.05, 0.1) is 18.9 Å². The van der Waals surface area contributed by atoms with Gasteiger partial charge in [0, 0.05) is 19.6 Å². The number of hydrogen-bond acceptors (Lipinski definition) is 3. The Morgan fingerprint density at radius 1 is 0.744 bits per heavy atom. The third-order valence-corrected chi connectivity index (χ3v) is 8.04. The van der Waals surface area contributed by atoms with E-state index in [0.29, 0.717) is 31.6 Å². The molecule has 3 fully saturated rings. The van der Waals surface area contributed by atoms with Crippen LogP contribution in [0.2, 0.25) is 0 Å². The molecule has 3 aliphatic carbocycles. The van der Waals surface area contributed by atoms with Crippen LogP contribution in [0.3, 0.4) is 0 Å². The van der Waals surface area contributed by atoms with E-state index in [2.05, 4.69) is 41.7 Å². The molecule has 210 valence electrons. The zero-order chi connectivity index (χ0) is 26.9. The van der Waals surface area contributed by atoms with Gasteiger partial charge in [0.25, 0.3) is 0 Å². The van der Waals surface area contributed by atoms with Gasteiger partial charge in [-0.2, -0.15) is 5.92 Å². The Kier molecular flexibility index (Phi) is 17.2. The van der Waals surface area contributed by atoms with E-state index in [0.717, 1.165) is 29.7 Å². The van der Waals surface area contributed by atoms with Gasteiger partial charge in [-0.1, -0.05) is 137 Å². The first-order chi connectivity index (χ1) is 18.7. The normalized spacial score (nSPS) is 21.0. The van der Waals surface area contributed by atoms with Gasteiger partial charge >= 0.3 is 26.2 Å². The second-order valence-corrected chi connectivity index (χ2v) is 11.3. The van der Waals surface area contributed by atoms with Gasteiger partial charge < -0.3 is 26.9 Å². The van der Waals surface area contributed by atoms with Gasteiger partial charge in [-0.15, -0.1) is 6.54 Å². The Balaban J connectivity index is 0.000000403. The molecule has 3 saturated carbocycles. The summed E-state index contributed by atoms with van der Waals surface area (Å²) in [5, 5.41) is 4.65. The van der Waals surface area contributed by atoms with E-state index in [9.17, 15) is 0 Å². The van der Waals surface area contributed by atoms with Crippen molar-refractivity contribution >= 4 is 5.71 Å². The SMILES string of the molecule is C1CCCC1.C1CCCC1.[CH2-][C@@H]1CC(COC)(COC)C[C@H]1C[N-]N=C(c1ccccc1)c1ccccc1.[Zr+4]. The van der Waals surface area contributed by atoms with Gasteiger partial charge in [-0.3, -0.25) is 0 Å². The van der Waals surface area contributed by atoms with Crippen molar-refractivity contribution in [1.82, 2.24) is 0 Å². The van der Waals surface area contributed by atoms with Crippen LogP contribution in [0.1, 0.15) is 88.2 Å². The van der Waals surface area contributed by atoms with Gasteiger partial charge in [0.15, 0.2) is 0 Å². The van der Waals surface area contributed by atoms with Crippen LogP contribution in [0.25, 0.3) is 5.43 Å². The van der Waals surface area contributed by atoms with Crippen molar-refractivity contribution in [3.05, 3.63) is 84.1 Å². The molecular weight excluding hydrogens is 560 g/mol. The molecule has 0 saturated heterocycles. The first-order valence-corrected chi connectivity index (χ1v) is 14.8. The predicted molar refractivity (Wildman–Crippen MR) is 161 cm³/mol. The van der Waals surface area contributed by atoms with Crippen LogP contribution in [0, 0.1) is 24.2 Å². The van der Waals surface area contributed by atoms with Crippen LogP contribution >= 0.6 is 0 Å². The first kappa shape index (κ1) is 33.9. The molecule has 0 amide bonds. The Morgan fingerprint density at radius 2 is 1.15 bits per heavy atom. The standard InChI is InChI=1S/C24H30N2O2.2C5H10.Zr/c1-19-14-24(17-27-2,18-28-3)15-22(19)16-25-26-23(20-10-6-4-7-11-20)21-12-8-5-9-13-21;2*1-2-4-5-3-1;/h4-13,19,22H,1,14-18H2,2-3H3;2*1-5H2;/q-2;;;+4/t19-,22+;;;/m1.../s1. The van der Waals surface area contributed by atoms with Crippen LogP contribution in [-0.2, 0) is 35.7 Å². The maximum Gasteiger partial charge on any atom is 4.00 e. The number of methoxy groups -OCH3 is 2. The average molecular weight is 610 g/mol. The summed E-state index contributed by atoms with van der Waals surface area (Å²) in [6, 6.07) is 20.4. The van der Waals surface area contributed by atoms with Gasteiger partial charge in [0.2, 0.25) is 0 Å². The van der Waals surface area contributed by atoms with Crippen LogP contribution in [0.4, 0.5) is 0 Å². The third-order valence-electron chi connectivity index (χ3n) is 8.04. The molecule has 2 aromatic rings. The van der Waals surface area contributed by atoms with Crippen molar-refractivity contribution in [2.45, 2.75) is 77.0 Å². The van der Waals surface area contributed by atoms with Gasteiger partial charge in [0.1, 0.15) is 0 Å². The summed E-state index contributed by atoms with van der Waals surface area (Å²) in [6.07, 6.45) is 17.0. The molecule has 0 heterocycles. The molecule has 4 nitrogen and oxygen atoms in total. The van der Waals surface area contributed by atoms with E-state index in [1.54, 1.807) is 14.2 Å². The second-order valence-electron chi connectivity index (χ2n) is 11.3. The summed E-state index contributed by atoms with van der Waals surface area (Å²) in [4.78, 5) is 0. The van der Waals surface area contributed by atoms with Crippen molar-refractivity contribution in [2.75, 3.05) is 34.0 Å². The van der Waals surface area contributed by atoms with Crippen molar-refractivity contribution in [3.8, 4) is 0 Å². The summed E-state index contributed by atoms with van der Waals surface area (Å²) in [7, 11) is 3.51. The molecule has 0 spiro atoms. The summed E-state index contributed by atoms with van der Waals surface area (Å²) >= 11 is 0. The number of benzene rings is 2. The van der Waals surface area contributed by atoms with E-state index in [1.165, 1.54) is 64.2 Å². The molecule has 2 atom stereocenters. The molecule has 2 aromatic carbocycles. The Morgan fingerprint density at radius 3 is 1.54 bits per heavy atom. The molecule has 5 heteroatoms. The van der Waals surface area contributed by atoms with E-state index in [-0.39, 0.29) is 31.6 Å².